The van der Waals surface area contributed by atoms with Gasteiger partial charge in [0, 0.05) is 41.5 Å². The zero-order valence-corrected chi connectivity index (χ0v) is 11.6. The molecular weight excluding hydrogens is 228 g/mol. The van der Waals surface area contributed by atoms with E-state index >= 15 is 0 Å². The van der Waals surface area contributed by atoms with Gasteiger partial charge in [-0.25, -0.2) is 0 Å². The van der Waals surface area contributed by atoms with Gasteiger partial charge in [-0.1, -0.05) is 0 Å². The average Bonchev–Trinajstić information content (AvgIpc) is 2.75. The molecule has 2 saturated heterocycles. The normalized spacial score (nSPS) is 29.5. The lowest BCUT2D eigenvalue weighted by atomic mass is 10.1. The number of fused-ring (bicyclic) bond motifs is 2. The minimum atomic E-state index is 0.752. The number of rotatable bonds is 2. The van der Waals surface area contributed by atoms with E-state index in [1.54, 1.807) is 5.56 Å². The number of thiophene rings is 1. The maximum atomic E-state index is 3.75. The molecule has 2 bridgehead atoms. The van der Waals surface area contributed by atoms with Crippen LogP contribution in [-0.4, -0.2) is 30.1 Å². The molecule has 1 aromatic rings. The Morgan fingerprint density at radius 3 is 2.88 bits per heavy atom. The Morgan fingerprint density at radius 2 is 2.12 bits per heavy atom. The van der Waals surface area contributed by atoms with Crippen LogP contribution in [0.1, 0.15) is 34.6 Å². The Labute approximate surface area is 108 Å². The molecule has 3 rings (SSSR count). The monoisotopic (exact) mass is 250 g/mol. The number of likely N-dealkylation sites (tertiary alicyclic amines) is 1. The second-order valence-electron chi connectivity index (χ2n) is 5.60. The smallest absolute Gasteiger partial charge is 0.0245 e. The fourth-order valence-corrected chi connectivity index (χ4v) is 4.18. The highest BCUT2D eigenvalue weighted by atomic mass is 32.1. The van der Waals surface area contributed by atoms with E-state index in [0.29, 0.717) is 0 Å². The minimum absolute atomic E-state index is 0.752. The summed E-state index contributed by atoms with van der Waals surface area (Å²) < 4.78 is 0. The quantitative estimate of drug-likeness (QED) is 0.868. The first-order chi connectivity index (χ1) is 8.20. The first-order valence-corrected chi connectivity index (χ1v) is 7.56. The summed E-state index contributed by atoms with van der Waals surface area (Å²) in [6, 6.07) is 3.93. The Bertz CT molecular complexity index is 399. The van der Waals surface area contributed by atoms with Gasteiger partial charge in [-0.2, -0.15) is 0 Å². The fraction of sp³-hybridized carbons (Fsp3) is 0.714. The van der Waals surface area contributed by atoms with Crippen LogP contribution in [0.5, 0.6) is 0 Å². The van der Waals surface area contributed by atoms with Crippen molar-refractivity contribution in [1.82, 2.24) is 10.2 Å². The van der Waals surface area contributed by atoms with E-state index in [1.165, 1.54) is 42.1 Å². The van der Waals surface area contributed by atoms with E-state index in [0.717, 1.165) is 18.6 Å². The molecule has 2 nitrogen and oxygen atoms in total. The number of nitrogens with zero attached hydrogens (tertiary/aromatic N) is 1. The molecular formula is C14H22N2S. The predicted molar refractivity (Wildman–Crippen MR) is 73.6 cm³/mol. The summed E-state index contributed by atoms with van der Waals surface area (Å²) in [5.74, 6) is 0. The Kier molecular flexibility index (Phi) is 3.24. The fourth-order valence-electron chi connectivity index (χ4n) is 3.24. The SMILES string of the molecule is Cc1cc(CN2CCC3CCC(C2)N3)c(C)s1. The molecule has 0 radical (unpaired) electrons. The zero-order chi connectivity index (χ0) is 11.8. The lowest BCUT2D eigenvalue weighted by Gasteiger charge is -2.23. The number of hydrogen-bond acceptors (Lipinski definition) is 3. The van der Waals surface area contributed by atoms with Crippen LogP contribution >= 0.6 is 11.3 Å². The van der Waals surface area contributed by atoms with Gasteiger partial charge in [-0.3, -0.25) is 4.90 Å². The van der Waals surface area contributed by atoms with Gasteiger partial charge in [0.1, 0.15) is 0 Å². The van der Waals surface area contributed by atoms with E-state index in [1.807, 2.05) is 11.3 Å². The summed E-state index contributed by atoms with van der Waals surface area (Å²) in [7, 11) is 0. The van der Waals surface area contributed by atoms with Gasteiger partial charge >= 0.3 is 0 Å². The first-order valence-electron chi connectivity index (χ1n) is 6.75. The molecule has 3 heterocycles. The van der Waals surface area contributed by atoms with Crippen molar-refractivity contribution in [3.63, 3.8) is 0 Å². The summed E-state index contributed by atoms with van der Waals surface area (Å²) >= 11 is 1.94. The molecule has 0 aromatic carbocycles. The molecule has 2 atom stereocenters. The van der Waals surface area contributed by atoms with Crippen LogP contribution in [0.3, 0.4) is 0 Å². The van der Waals surface area contributed by atoms with Crippen molar-refractivity contribution < 1.29 is 0 Å². The molecule has 0 aliphatic carbocycles. The van der Waals surface area contributed by atoms with Crippen molar-refractivity contribution in [2.75, 3.05) is 13.1 Å². The second-order valence-corrected chi connectivity index (χ2v) is 7.06. The number of aryl methyl sites for hydroxylation is 2. The van der Waals surface area contributed by atoms with Gasteiger partial charge in [-0.15, -0.1) is 11.3 Å². The van der Waals surface area contributed by atoms with Gasteiger partial charge in [0.2, 0.25) is 0 Å². The van der Waals surface area contributed by atoms with E-state index in [4.69, 9.17) is 0 Å². The predicted octanol–water partition coefficient (Wildman–Crippen LogP) is 2.69. The lowest BCUT2D eigenvalue weighted by Crippen LogP contribution is -2.34. The summed E-state index contributed by atoms with van der Waals surface area (Å²) in [5, 5.41) is 3.75. The van der Waals surface area contributed by atoms with Crippen LogP contribution < -0.4 is 5.32 Å². The van der Waals surface area contributed by atoms with Crippen molar-refractivity contribution in [3.8, 4) is 0 Å². The molecule has 94 valence electrons. The molecule has 0 saturated carbocycles. The summed E-state index contributed by atoms with van der Waals surface area (Å²) in [6.45, 7) is 8.14. The molecule has 2 aliphatic rings. The molecule has 17 heavy (non-hydrogen) atoms. The molecule has 2 fully saturated rings. The van der Waals surface area contributed by atoms with E-state index in [2.05, 4.69) is 30.1 Å². The van der Waals surface area contributed by atoms with Gasteiger partial charge in [0.05, 0.1) is 0 Å². The molecule has 3 heteroatoms. The largest absolute Gasteiger partial charge is 0.310 e. The molecule has 2 unspecified atom stereocenters. The third-order valence-electron chi connectivity index (χ3n) is 4.15. The van der Waals surface area contributed by atoms with Gasteiger partial charge < -0.3 is 5.32 Å². The Balaban J connectivity index is 1.67. The standard InChI is InChI=1S/C14H22N2S/c1-10-7-12(11(2)17-10)8-16-6-5-13-3-4-14(9-16)15-13/h7,13-15H,3-6,8-9H2,1-2H3. The van der Waals surface area contributed by atoms with E-state index in [9.17, 15) is 0 Å². The van der Waals surface area contributed by atoms with Crippen molar-refractivity contribution in [1.29, 1.82) is 0 Å². The minimum Gasteiger partial charge on any atom is -0.310 e. The summed E-state index contributed by atoms with van der Waals surface area (Å²) in [6.07, 6.45) is 4.11. The van der Waals surface area contributed by atoms with Gasteiger partial charge in [-0.05, 0) is 44.7 Å². The summed E-state index contributed by atoms with van der Waals surface area (Å²) in [5.41, 5.74) is 1.55. The third-order valence-corrected chi connectivity index (χ3v) is 5.15. The topological polar surface area (TPSA) is 15.3 Å². The molecule has 1 aromatic heterocycles. The summed E-state index contributed by atoms with van der Waals surface area (Å²) in [4.78, 5) is 5.60. The van der Waals surface area contributed by atoms with Crippen LogP contribution in [0.15, 0.2) is 6.07 Å². The lowest BCUT2D eigenvalue weighted by molar-refractivity contribution is 0.251. The van der Waals surface area contributed by atoms with E-state index < -0.39 is 0 Å². The maximum Gasteiger partial charge on any atom is 0.0245 e. The molecule has 0 amide bonds. The van der Waals surface area contributed by atoms with Crippen molar-refractivity contribution in [2.45, 2.75) is 51.7 Å². The Hall–Kier alpha value is -0.380. The highest BCUT2D eigenvalue weighted by Crippen LogP contribution is 2.25. The van der Waals surface area contributed by atoms with Crippen LogP contribution in [-0.2, 0) is 6.54 Å². The van der Waals surface area contributed by atoms with Gasteiger partial charge in [0.25, 0.3) is 0 Å². The van der Waals surface area contributed by atoms with E-state index in [-0.39, 0.29) is 0 Å². The average molecular weight is 250 g/mol. The first kappa shape index (κ1) is 11.7. The van der Waals surface area contributed by atoms with Crippen molar-refractivity contribution >= 4 is 11.3 Å². The van der Waals surface area contributed by atoms with Crippen molar-refractivity contribution in [3.05, 3.63) is 21.4 Å². The highest BCUT2D eigenvalue weighted by Gasteiger charge is 2.29. The molecule has 2 aliphatic heterocycles. The number of hydrogen-bond donors (Lipinski definition) is 1. The van der Waals surface area contributed by atoms with Crippen molar-refractivity contribution in [2.24, 2.45) is 0 Å². The highest BCUT2D eigenvalue weighted by molar-refractivity contribution is 7.12. The van der Waals surface area contributed by atoms with Gasteiger partial charge in [0.15, 0.2) is 0 Å². The van der Waals surface area contributed by atoms with Crippen LogP contribution in [0.4, 0.5) is 0 Å². The van der Waals surface area contributed by atoms with Crippen LogP contribution in [0.2, 0.25) is 0 Å². The molecule has 1 N–H and O–H groups in total. The maximum absolute atomic E-state index is 3.75. The Morgan fingerprint density at radius 1 is 1.29 bits per heavy atom. The molecule has 0 spiro atoms. The van der Waals surface area contributed by atoms with Crippen LogP contribution in [0.25, 0.3) is 0 Å². The van der Waals surface area contributed by atoms with Crippen LogP contribution in [0, 0.1) is 13.8 Å². The zero-order valence-electron chi connectivity index (χ0n) is 10.8. The third kappa shape index (κ3) is 2.56. The second kappa shape index (κ2) is 4.71. The number of nitrogens with one attached hydrogen (secondary N) is 1.